The van der Waals surface area contributed by atoms with E-state index < -0.39 is 0 Å². The Labute approximate surface area is 100 Å². The van der Waals surface area contributed by atoms with Gasteiger partial charge in [-0.25, -0.2) is 4.98 Å². The molecule has 0 saturated heterocycles. The molecular weight excluding hydrogens is 214 g/mol. The summed E-state index contributed by atoms with van der Waals surface area (Å²) in [6.45, 7) is 1.83. The molecule has 2 aromatic rings. The first kappa shape index (κ1) is 10.2. The SMILES string of the molecule is COc1cccc2c1N(Cc1ncc[nH]1)CC2. The average molecular weight is 229 g/mol. The van der Waals surface area contributed by atoms with Gasteiger partial charge in [-0.2, -0.15) is 0 Å². The van der Waals surface area contributed by atoms with Crippen LogP contribution in [0.5, 0.6) is 5.75 Å². The predicted molar refractivity (Wildman–Crippen MR) is 66.3 cm³/mol. The number of fused-ring (bicyclic) bond motifs is 1. The molecule has 0 atom stereocenters. The molecule has 0 spiro atoms. The van der Waals surface area contributed by atoms with E-state index in [2.05, 4.69) is 20.9 Å². The Morgan fingerprint density at radius 1 is 1.47 bits per heavy atom. The second-order valence-electron chi connectivity index (χ2n) is 4.18. The standard InChI is InChI=1S/C13H15N3O/c1-17-11-4-2-3-10-5-8-16(13(10)11)9-12-14-6-7-15-12/h2-4,6-7H,5,8-9H2,1H3,(H,14,15). The molecule has 17 heavy (non-hydrogen) atoms. The van der Waals surface area contributed by atoms with Crippen molar-refractivity contribution in [3.63, 3.8) is 0 Å². The summed E-state index contributed by atoms with van der Waals surface area (Å²) < 4.78 is 5.43. The molecule has 1 aliphatic heterocycles. The van der Waals surface area contributed by atoms with Gasteiger partial charge in [-0.1, -0.05) is 12.1 Å². The molecule has 0 aliphatic carbocycles. The van der Waals surface area contributed by atoms with Crippen LogP contribution in [0, 0.1) is 0 Å². The van der Waals surface area contributed by atoms with Gasteiger partial charge in [0.2, 0.25) is 0 Å². The van der Waals surface area contributed by atoms with Crippen LogP contribution in [-0.2, 0) is 13.0 Å². The largest absolute Gasteiger partial charge is 0.495 e. The minimum absolute atomic E-state index is 0.806. The Kier molecular flexibility index (Phi) is 2.48. The fourth-order valence-electron chi connectivity index (χ4n) is 2.38. The summed E-state index contributed by atoms with van der Waals surface area (Å²) in [5.74, 6) is 1.94. The molecule has 0 amide bonds. The highest BCUT2D eigenvalue weighted by molar-refractivity contribution is 5.67. The molecule has 2 heterocycles. The van der Waals surface area contributed by atoms with Crippen molar-refractivity contribution in [3.8, 4) is 5.75 Å². The van der Waals surface area contributed by atoms with Gasteiger partial charge in [-0.15, -0.1) is 0 Å². The lowest BCUT2D eigenvalue weighted by molar-refractivity contribution is 0.415. The van der Waals surface area contributed by atoms with Crippen LogP contribution < -0.4 is 9.64 Å². The third-order valence-electron chi connectivity index (χ3n) is 3.17. The Morgan fingerprint density at radius 3 is 3.18 bits per heavy atom. The van der Waals surface area contributed by atoms with Crippen LogP contribution in [0.2, 0.25) is 0 Å². The van der Waals surface area contributed by atoms with Crippen LogP contribution in [0.25, 0.3) is 0 Å². The maximum Gasteiger partial charge on any atom is 0.142 e. The van der Waals surface area contributed by atoms with E-state index in [0.29, 0.717) is 0 Å². The maximum absolute atomic E-state index is 5.43. The fraction of sp³-hybridized carbons (Fsp3) is 0.308. The Balaban J connectivity index is 1.92. The lowest BCUT2D eigenvalue weighted by atomic mass is 10.1. The molecule has 1 aromatic heterocycles. The lowest BCUT2D eigenvalue weighted by Gasteiger charge is -2.20. The van der Waals surface area contributed by atoms with Gasteiger partial charge in [0.15, 0.2) is 0 Å². The van der Waals surface area contributed by atoms with E-state index >= 15 is 0 Å². The normalized spacial score (nSPS) is 13.8. The predicted octanol–water partition coefficient (Wildman–Crippen LogP) is 1.98. The molecule has 1 N–H and O–H groups in total. The zero-order valence-corrected chi connectivity index (χ0v) is 9.81. The van der Waals surface area contributed by atoms with Gasteiger partial charge >= 0.3 is 0 Å². The summed E-state index contributed by atoms with van der Waals surface area (Å²) >= 11 is 0. The summed E-state index contributed by atoms with van der Waals surface area (Å²) in [7, 11) is 1.72. The summed E-state index contributed by atoms with van der Waals surface area (Å²) in [4.78, 5) is 9.72. The number of imidazole rings is 1. The minimum Gasteiger partial charge on any atom is -0.495 e. The number of ether oxygens (including phenoxy) is 1. The molecule has 1 aliphatic rings. The van der Waals surface area contributed by atoms with Crippen LogP contribution >= 0.6 is 0 Å². The summed E-state index contributed by atoms with van der Waals surface area (Å²) in [6, 6.07) is 6.23. The second kappa shape index (κ2) is 4.13. The van der Waals surface area contributed by atoms with Crippen molar-refractivity contribution in [2.24, 2.45) is 0 Å². The number of aromatic nitrogens is 2. The average Bonchev–Trinajstić information content (AvgIpc) is 2.99. The number of nitrogens with one attached hydrogen (secondary N) is 1. The van der Waals surface area contributed by atoms with Crippen LogP contribution in [-0.4, -0.2) is 23.6 Å². The molecule has 88 valence electrons. The third kappa shape index (κ3) is 1.75. The summed E-state index contributed by atoms with van der Waals surface area (Å²) in [6.07, 6.45) is 4.72. The number of hydrogen-bond acceptors (Lipinski definition) is 3. The van der Waals surface area contributed by atoms with E-state index in [-0.39, 0.29) is 0 Å². The molecule has 4 heteroatoms. The molecule has 0 radical (unpaired) electrons. The van der Waals surface area contributed by atoms with Gasteiger partial charge in [-0.05, 0) is 18.1 Å². The van der Waals surface area contributed by atoms with Gasteiger partial charge in [0.1, 0.15) is 11.6 Å². The molecule has 0 unspecified atom stereocenters. The lowest BCUT2D eigenvalue weighted by Crippen LogP contribution is -2.20. The van der Waals surface area contributed by atoms with Gasteiger partial charge < -0.3 is 14.6 Å². The van der Waals surface area contributed by atoms with Crippen LogP contribution in [0.1, 0.15) is 11.4 Å². The van der Waals surface area contributed by atoms with E-state index in [1.807, 2.05) is 18.3 Å². The molecule has 3 rings (SSSR count). The Bertz CT molecular complexity index is 507. The highest BCUT2D eigenvalue weighted by Crippen LogP contribution is 2.37. The van der Waals surface area contributed by atoms with Crippen LogP contribution in [0.15, 0.2) is 30.6 Å². The number of nitrogens with zero attached hydrogens (tertiary/aromatic N) is 2. The molecule has 4 nitrogen and oxygen atoms in total. The van der Waals surface area contributed by atoms with Gasteiger partial charge in [-0.3, -0.25) is 0 Å². The fourth-order valence-corrected chi connectivity index (χ4v) is 2.38. The number of methoxy groups -OCH3 is 1. The highest BCUT2D eigenvalue weighted by atomic mass is 16.5. The number of benzene rings is 1. The zero-order valence-electron chi connectivity index (χ0n) is 9.81. The Hall–Kier alpha value is -1.97. The third-order valence-corrected chi connectivity index (χ3v) is 3.17. The van der Waals surface area contributed by atoms with Crippen molar-refractivity contribution >= 4 is 5.69 Å². The van der Waals surface area contributed by atoms with Gasteiger partial charge in [0.25, 0.3) is 0 Å². The second-order valence-corrected chi connectivity index (χ2v) is 4.18. The highest BCUT2D eigenvalue weighted by Gasteiger charge is 2.23. The van der Waals surface area contributed by atoms with Crippen molar-refractivity contribution in [2.75, 3.05) is 18.6 Å². The molecule has 1 aromatic carbocycles. The molecule has 0 saturated carbocycles. The van der Waals surface area contributed by atoms with E-state index in [9.17, 15) is 0 Å². The maximum atomic E-state index is 5.43. The minimum atomic E-state index is 0.806. The van der Waals surface area contributed by atoms with Crippen LogP contribution in [0.3, 0.4) is 0 Å². The van der Waals surface area contributed by atoms with E-state index in [0.717, 1.165) is 31.1 Å². The first-order chi connectivity index (χ1) is 8.38. The van der Waals surface area contributed by atoms with Crippen molar-refractivity contribution in [3.05, 3.63) is 42.0 Å². The number of para-hydroxylation sites is 1. The Morgan fingerprint density at radius 2 is 2.41 bits per heavy atom. The van der Waals surface area contributed by atoms with E-state index in [1.165, 1.54) is 11.3 Å². The number of anilines is 1. The number of aromatic amines is 1. The van der Waals surface area contributed by atoms with Crippen molar-refractivity contribution < 1.29 is 4.74 Å². The quantitative estimate of drug-likeness (QED) is 0.875. The monoisotopic (exact) mass is 229 g/mol. The van der Waals surface area contributed by atoms with E-state index in [4.69, 9.17) is 4.74 Å². The van der Waals surface area contributed by atoms with Crippen molar-refractivity contribution in [1.82, 2.24) is 9.97 Å². The number of H-pyrrole nitrogens is 1. The molecular formula is C13H15N3O. The van der Waals surface area contributed by atoms with E-state index in [1.54, 1.807) is 13.3 Å². The molecule has 0 fully saturated rings. The number of rotatable bonds is 3. The van der Waals surface area contributed by atoms with Crippen molar-refractivity contribution in [1.29, 1.82) is 0 Å². The summed E-state index contributed by atoms with van der Waals surface area (Å²) in [5.41, 5.74) is 2.57. The van der Waals surface area contributed by atoms with Crippen LogP contribution in [0.4, 0.5) is 5.69 Å². The molecule has 0 bridgehead atoms. The first-order valence-corrected chi connectivity index (χ1v) is 5.77. The smallest absolute Gasteiger partial charge is 0.142 e. The van der Waals surface area contributed by atoms with Gasteiger partial charge in [0.05, 0.1) is 19.3 Å². The topological polar surface area (TPSA) is 41.1 Å². The van der Waals surface area contributed by atoms with Gasteiger partial charge in [0, 0.05) is 18.9 Å². The van der Waals surface area contributed by atoms with Crippen molar-refractivity contribution in [2.45, 2.75) is 13.0 Å². The zero-order chi connectivity index (χ0) is 11.7. The first-order valence-electron chi connectivity index (χ1n) is 5.77. The summed E-state index contributed by atoms with van der Waals surface area (Å²) in [5, 5.41) is 0. The number of hydrogen-bond donors (Lipinski definition) is 1.